The second-order valence-corrected chi connectivity index (χ2v) is 8.33. The van der Waals surface area contributed by atoms with Crippen molar-refractivity contribution in [3.63, 3.8) is 0 Å². The van der Waals surface area contributed by atoms with Crippen LogP contribution in [0.3, 0.4) is 0 Å². The predicted octanol–water partition coefficient (Wildman–Crippen LogP) is 5.74. The Morgan fingerprint density at radius 1 is 1.11 bits per heavy atom. The van der Waals surface area contributed by atoms with Crippen LogP contribution in [0.15, 0.2) is 53.5 Å². The highest BCUT2D eigenvalue weighted by Crippen LogP contribution is 2.42. The van der Waals surface area contributed by atoms with Gasteiger partial charge >= 0.3 is 0 Å². The van der Waals surface area contributed by atoms with Crippen LogP contribution in [0.2, 0.25) is 5.02 Å². The number of aliphatic imine (C=N–C) groups is 1. The Morgan fingerprint density at radius 3 is 2.64 bits per heavy atom. The summed E-state index contributed by atoms with van der Waals surface area (Å²) in [6, 6.07) is 16.3. The third-order valence-electron chi connectivity index (χ3n) is 6.01. The van der Waals surface area contributed by atoms with Crippen LogP contribution < -0.4 is 10.6 Å². The number of ether oxygens (including phenoxy) is 1. The molecule has 1 aliphatic heterocycles. The van der Waals surface area contributed by atoms with Gasteiger partial charge in [-0.1, -0.05) is 35.9 Å². The second-order valence-electron chi connectivity index (χ2n) is 7.90. The maximum atomic E-state index is 6.15. The Kier molecular flexibility index (Phi) is 5.88. The van der Waals surface area contributed by atoms with Gasteiger partial charge in [-0.3, -0.25) is 4.99 Å². The van der Waals surface area contributed by atoms with Crippen LogP contribution in [0.5, 0.6) is 0 Å². The molecule has 0 radical (unpaired) electrons. The van der Waals surface area contributed by atoms with Crippen LogP contribution in [-0.4, -0.2) is 25.1 Å². The number of benzene rings is 2. The van der Waals surface area contributed by atoms with E-state index in [4.69, 9.17) is 21.3 Å². The first-order valence-corrected chi connectivity index (χ1v) is 10.5. The van der Waals surface area contributed by atoms with Crippen LogP contribution in [0.25, 0.3) is 0 Å². The molecule has 0 bridgehead atoms. The molecule has 4 rings (SSSR count). The van der Waals surface area contributed by atoms with Gasteiger partial charge in [0, 0.05) is 18.7 Å². The summed E-state index contributed by atoms with van der Waals surface area (Å²) < 4.78 is 5.28. The minimum Gasteiger partial charge on any atom is -0.385 e. The van der Waals surface area contributed by atoms with Crippen molar-refractivity contribution in [3.8, 4) is 0 Å². The first kappa shape index (κ1) is 19.3. The molecule has 5 heteroatoms. The molecule has 0 unspecified atom stereocenters. The third kappa shape index (κ3) is 4.18. The molecule has 1 saturated carbocycles. The standard InChI is InChI=1S/C23H28ClN3O/c1-28-14-11-17-9-12-23(13-10-17)22(25-16-18-5-4-6-19(24)15-18)26-20-7-2-3-8-21(20)27-23/h2-8,15,17,27H,9-14,16H2,1H3,(H,25,26). The molecule has 148 valence electrons. The number of amidine groups is 1. The van der Waals surface area contributed by atoms with Crippen molar-refractivity contribution >= 4 is 28.8 Å². The lowest BCUT2D eigenvalue weighted by Gasteiger charge is -2.45. The monoisotopic (exact) mass is 397 g/mol. The minimum absolute atomic E-state index is 0.115. The number of rotatable bonds is 5. The van der Waals surface area contributed by atoms with E-state index in [0.717, 1.165) is 53.9 Å². The van der Waals surface area contributed by atoms with Gasteiger partial charge in [-0.15, -0.1) is 0 Å². The molecule has 4 nitrogen and oxygen atoms in total. The molecular formula is C23H28ClN3O. The first-order valence-electron chi connectivity index (χ1n) is 10.1. The molecule has 1 spiro atoms. The van der Waals surface area contributed by atoms with Crippen molar-refractivity contribution in [2.45, 2.75) is 44.2 Å². The van der Waals surface area contributed by atoms with E-state index >= 15 is 0 Å². The number of hydrogen-bond donors (Lipinski definition) is 2. The highest BCUT2D eigenvalue weighted by molar-refractivity contribution is 6.30. The zero-order chi connectivity index (χ0) is 19.4. The number of halogens is 1. The summed E-state index contributed by atoms with van der Waals surface area (Å²) in [6.07, 6.45) is 5.69. The van der Waals surface area contributed by atoms with Gasteiger partial charge in [-0.2, -0.15) is 0 Å². The average molecular weight is 398 g/mol. The summed E-state index contributed by atoms with van der Waals surface area (Å²) in [4.78, 5) is 5.02. The fraction of sp³-hybridized carbons (Fsp3) is 0.435. The zero-order valence-electron chi connectivity index (χ0n) is 16.4. The van der Waals surface area contributed by atoms with Gasteiger partial charge in [0.25, 0.3) is 0 Å². The lowest BCUT2D eigenvalue weighted by Crippen LogP contribution is -2.54. The molecule has 0 atom stereocenters. The van der Waals surface area contributed by atoms with Crippen molar-refractivity contribution in [1.82, 2.24) is 0 Å². The molecule has 1 fully saturated rings. The van der Waals surface area contributed by atoms with Crippen LogP contribution in [0, 0.1) is 5.92 Å². The van der Waals surface area contributed by atoms with Crippen LogP contribution in [-0.2, 0) is 11.3 Å². The molecule has 2 N–H and O–H groups in total. The number of methoxy groups -OCH3 is 1. The Balaban J connectivity index is 1.57. The lowest BCUT2D eigenvalue weighted by atomic mass is 9.73. The normalized spacial score (nSPS) is 25.2. The third-order valence-corrected chi connectivity index (χ3v) is 6.24. The zero-order valence-corrected chi connectivity index (χ0v) is 17.1. The van der Waals surface area contributed by atoms with Crippen molar-refractivity contribution in [2.75, 3.05) is 24.4 Å². The van der Waals surface area contributed by atoms with Crippen LogP contribution >= 0.6 is 11.6 Å². The number of nitrogens with zero attached hydrogens (tertiary/aromatic N) is 1. The quantitative estimate of drug-likeness (QED) is 0.676. The highest BCUT2D eigenvalue weighted by atomic mass is 35.5. The number of hydrogen-bond acceptors (Lipinski definition) is 3. The Morgan fingerprint density at radius 2 is 1.89 bits per heavy atom. The molecule has 0 saturated heterocycles. The van der Waals surface area contributed by atoms with Gasteiger partial charge in [-0.25, -0.2) is 0 Å². The molecule has 2 aliphatic rings. The van der Waals surface area contributed by atoms with Gasteiger partial charge in [0.2, 0.25) is 0 Å². The second kappa shape index (κ2) is 8.54. The molecular weight excluding hydrogens is 370 g/mol. The van der Waals surface area contributed by atoms with E-state index in [1.54, 1.807) is 7.11 Å². The van der Waals surface area contributed by atoms with E-state index in [-0.39, 0.29) is 5.54 Å². The van der Waals surface area contributed by atoms with Gasteiger partial charge in [-0.05, 0) is 67.9 Å². The van der Waals surface area contributed by atoms with Crippen LogP contribution in [0.1, 0.15) is 37.7 Å². The van der Waals surface area contributed by atoms with E-state index in [1.807, 2.05) is 18.2 Å². The van der Waals surface area contributed by atoms with Crippen molar-refractivity contribution < 1.29 is 4.74 Å². The molecule has 2 aromatic rings. The molecule has 0 aromatic heterocycles. The summed E-state index contributed by atoms with van der Waals surface area (Å²) in [5.74, 6) is 1.79. The topological polar surface area (TPSA) is 45.6 Å². The molecule has 28 heavy (non-hydrogen) atoms. The molecule has 1 aliphatic carbocycles. The van der Waals surface area contributed by atoms with E-state index in [9.17, 15) is 0 Å². The smallest absolute Gasteiger partial charge is 0.127 e. The van der Waals surface area contributed by atoms with E-state index < -0.39 is 0 Å². The van der Waals surface area contributed by atoms with Crippen LogP contribution in [0.4, 0.5) is 11.4 Å². The summed E-state index contributed by atoms with van der Waals surface area (Å²) in [6.45, 7) is 1.48. The van der Waals surface area contributed by atoms with Gasteiger partial charge in [0.15, 0.2) is 0 Å². The number of para-hydroxylation sites is 2. The SMILES string of the molecule is COCCC1CCC2(CC1)Nc1ccccc1NC2=NCc1cccc(Cl)c1. The average Bonchev–Trinajstić information content (AvgIpc) is 2.72. The van der Waals surface area contributed by atoms with E-state index in [2.05, 4.69) is 41.0 Å². The maximum absolute atomic E-state index is 6.15. The van der Waals surface area contributed by atoms with Gasteiger partial charge in [0.1, 0.15) is 5.84 Å². The Labute approximate surface area is 172 Å². The minimum atomic E-state index is -0.115. The highest BCUT2D eigenvalue weighted by Gasteiger charge is 2.42. The fourth-order valence-corrected chi connectivity index (χ4v) is 4.58. The fourth-order valence-electron chi connectivity index (χ4n) is 4.37. The first-order chi connectivity index (χ1) is 13.7. The Bertz CT molecular complexity index is 843. The summed E-state index contributed by atoms with van der Waals surface area (Å²) in [7, 11) is 1.79. The molecule has 2 aromatic carbocycles. The Hall–Kier alpha value is -2.04. The van der Waals surface area contributed by atoms with E-state index in [0.29, 0.717) is 6.54 Å². The summed E-state index contributed by atoms with van der Waals surface area (Å²) in [5, 5.41) is 8.22. The summed E-state index contributed by atoms with van der Waals surface area (Å²) >= 11 is 6.15. The number of fused-ring (bicyclic) bond motifs is 1. The molecule has 1 heterocycles. The number of anilines is 2. The lowest BCUT2D eigenvalue weighted by molar-refractivity contribution is 0.160. The van der Waals surface area contributed by atoms with Crippen molar-refractivity contribution in [3.05, 3.63) is 59.1 Å². The summed E-state index contributed by atoms with van der Waals surface area (Å²) in [5.41, 5.74) is 3.28. The predicted molar refractivity (Wildman–Crippen MR) is 117 cm³/mol. The van der Waals surface area contributed by atoms with Gasteiger partial charge in [0.05, 0.1) is 23.5 Å². The van der Waals surface area contributed by atoms with E-state index in [1.165, 1.54) is 18.5 Å². The largest absolute Gasteiger partial charge is 0.385 e. The van der Waals surface area contributed by atoms with Gasteiger partial charge < -0.3 is 15.4 Å². The van der Waals surface area contributed by atoms with Crippen molar-refractivity contribution in [2.24, 2.45) is 10.9 Å². The maximum Gasteiger partial charge on any atom is 0.127 e. The number of nitrogens with one attached hydrogen (secondary N) is 2. The molecule has 0 amide bonds. The van der Waals surface area contributed by atoms with Crippen molar-refractivity contribution in [1.29, 1.82) is 0 Å².